The fourth-order valence-corrected chi connectivity index (χ4v) is 3.65. The van der Waals surface area contributed by atoms with Crippen LogP contribution in [0.5, 0.6) is 0 Å². The molecule has 2 amide bonds. The Hall–Kier alpha value is -1.10. The number of nitrogens with zero attached hydrogens (tertiary/aromatic N) is 1. The maximum Gasteiger partial charge on any atom is 0.239 e. The third kappa shape index (κ3) is 3.08. The molecule has 0 aromatic heterocycles. The standard InChI is InChI=1S/C14H23N3O2/c18-13(9-17-6-2-1-3-14(17)19)16-12-7-10-4-5-11(8-12)15-10/h10-12,15H,1-9H2,(H,16,18). The third-order valence-electron chi connectivity index (χ3n) is 4.59. The molecule has 2 unspecified atom stereocenters. The summed E-state index contributed by atoms with van der Waals surface area (Å²) in [6.45, 7) is 0.988. The SMILES string of the molecule is O=C(CN1CCCCC1=O)NC1CC2CCC(C1)N2. The van der Waals surface area contributed by atoms with Gasteiger partial charge in [-0.3, -0.25) is 9.59 Å². The van der Waals surface area contributed by atoms with E-state index in [9.17, 15) is 9.59 Å². The Morgan fingerprint density at radius 2 is 2.00 bits per heavy atom. The van der Waals surface area contributed by atoms with Crippen LogP contribution < -0.4 is 10.6 Å². The Kier molecular flexibility index (Phi) is 3.73. The first-order valence-electron chi connectivity index (χ1n) is 7.54. The molecule has 3 heterocycles. The number of fused-ring (bicyclic) bond motifs is 2. The van der Waals surface area contributed by atoms with Gasteiger partial charge in [0, 0.05) is 31.1 Å². The van der Waals surface area contributed by atoms with Crippen LogP contribution in [-0.2, 0) is 9.59 Å². The molecule has 0 spiro atoms. The lowest BCUT2D eigenvalue weighted by atomic mass is 10.00. The van der Waals surface area contributed by atoms with Crippen molar-refractivity contribution in [2.24, 2.45) is 0 Å². The minimum Gasteiger partial charge on any atom is -0.352 e. The maximum atomic E-state index is 12.0. The van der Waals surface area contributed by atoms with Gasteiger partial charge in [0.2, 0.25) is 11.8 Å². The van der Waals surface area contributed by atoms with Gasteiger partial charge in [-0.15, -0.1) is 0 Å². The fraction of sp³-hybridized carbons (Fsp3) is 0.857. The normalized spacial score (nSPS) is 34.4. The first-order valence-corrected chi connectivity index (χ1v) is 7.54. The Labute approximate surface area is 114 Å². The second-order valence-corrected chi connectivity index (χ2v) is 6.15. The molecule has 2 atom stereocenters. The summed E-state index contributed by atoms with van der Waals surface area (Å²) in [5.74, 6) is 0.147. The van der Waals surface area contributed by atoms with Crippen molar-refractivity contribution in [3.8, 4) is 0 Å². The van der Waals surface area contributed by atoms with Gasteiger partial charge in [0.15, 0.2) is 0 Å². The molecule has 2 N–H and O–H groups in total. The molecular weight excluding hydrogens is 242 g/mol. The molecule has 106 valence electrons. The van der Waals surface area contributed by atoms with Gasteiger partial charge in [-0.2, -0.15) is 0 Å². The molecule has 0 saturated carbocycles. The summed E-state index contributed by atoms with van der Waals surface area (Å²) in [6.07, 6.45) is 7.14. The topological polar surface area (TPSA) is 61.4 Å². The zero-order valence-electron chi connectivity index (χ0n) is 11.4. The highest BCUT2D eigenvalue weighted by molar-refractivity contribution is 5.85. The predicted octanol–water partition coefficient (Wildman–Crippen LogP) is 0.398. The number of likely N-dealkylation sites (tertiary alicyclic amines) is 1. The smallest absolute Gasteiger partial charge is 0.239 e. The summed E-state index contributed by atoms with van der Waals surface area (Å²) in [5.41, 5.74) is 0. The van der Waals surface area contributed by atoms with Crippen molar-refractivity contribution in [1.82, 2.24) is 15.5 Å². The number of piperidine rings is 2. The van der Waals surface area contributed by atoms with Gasteiger partial charge in [0.05, 0.1) is 6.54 Å². The first kappa shape index (κ1) is 12.9. The van der Waals surface area contributed by atoms with Gasteiger partial charge in [-0.1, -0.05) is 0 Å². The molecule has 0 aliphatic carbocycles. The van der Waals surface area contributed by atoms with E-state index in [-0.39, 0.29) is 18.4 Å². The van der Waals surface area contributed by atoms with Gasteiger partial charge in [0.25, 0.3) is 0 Å². The average Bonchev–Trinajstić information content (AvgIpc) is 2.72. The molecule has 3 fully saturated rings. The van der Waals surface area contributed by atoms with Crippen LogP contribution in [0.15, 0.2) is 0 Å². The van der Waals surface area contributed by atoms with E-state index in [4.69, 9.17) is 0 Å². The lowest BCUT2D eigenvalue weighted by Gasteiger charge is -2.31. The number of rotatable bonds is 3. The number of carbonyl (C=O) groups is 2. The van der Waals surface area contributed by atoms with Crippen LogP contribution in [0.3, 0.4) is 0 Å². The minimum atomic E-state index is 0.0153. The van der Waals surface area contributed by atoms with Gasteiger partial charge in [-0.25, -0.2) is 0 Å². The Balaban J connectivity index is 1.47. The maximum absolute atomic E-state index is 12.0. The molecule has 3 aliphatic rings. The predicted molar refractivity (Wildman–Crippen MR) is 71.5 cm³/mol. The van der Waals surface area contributed by atoms with Gasteiger partial charge in [-0.05, 0) is 38.5 Å². The van der Waals surface area contributed by atoms with Crippen LogP contribution in [0.1, 0.15) is 44.9 Å². The highest BCUT2D eigenvalue weighted by atomic mass is 16.2. The molecule has 19 heavy (non-hydrogen) atoms. The van der Waals surface area contributed by atoms with Crippen molar-refractivity contribution in [2.75, 3.05) is 13.1 Å². The zero-order chi connectivity index (χ0) is 13.2. The van der Waals surface area contributed by atoms with Gasteiger partial charge in [0.1, 0.15) is 0 Å². The van der Waals surface area contributed by atoms with Gasteiger partial charge < -0.3 is 15.5 Å². The summed E-state index contributed by atoms with van der Waals surface area (Å²) in [5, 5.41) is 6.68. The molecule has 5 nitrogen and oxygen atoms in total. The number of nitrogens with one attached hydrogen (secondary N) is 2. The highest BCUT2D eigenvalue weighted by Crippen LogP contribution is 2.26. The molecule has 0 aromatic rings. The van der Waals surface area contributed by atoms with E-state index < -0.39 is 0 Å². The molecular formula is C14H23N3O2. The van der Waals surface area contributed by atoms with E-state index in [1.807, 2.05) is 0 Å². The number of carbonyl (C=O) groups excluding carboxylic acids is 2. The number of hydrogen-bond acceptors (Lipinski definition) is 3. The van der Waals surface area contributed by atoms with E-state index in [1.54, 1.807) is 4.90 Å². The monoisotopic (exact) mass is 265 g/mol. The fourth-order valence-electron chi connectivity index (χ4n) is 3.65. The number of amides is 2. The van der Waals surface area contributed by atoms with Crippen LogP contribution in [0.25, 0.3) is 0 Å². The van der Waals surface area contributed by atoms with E-state index in [2.05, 4.69) is 10.6 Å². The van der Waals surface area contributed by atoms with Crippen molar-refractivity contribution in [2.45, 2.75) is 63.1 Å². The van der Waals surface area contributed by atoms with Gasteiger partial charge >= 0.3 is 0 Å². The van der Waals surface area contributed by atoms with Crippen molar-refractivity contribution < 1.29 is 9.59 Å². The Bertz CT molecular complexity index is 360. The summed E-state index contributed by atoms with van der Waals surface area (Å²) in [6, 6.07) is 1.47. The van der Waals surface area contributed by atoms with Crippen LogP contribution in [0.2, 0.25) is 0 Å². The van der Waals surface area contributed by atoms with Crippen molar-refractivity contribution >= 4 is 11.8 Å². The molecule has 5 heteroatoms. The van der Waals surface area contributed by atoms with Crippen LogP contribution in [0, 0.1) is 0 Å². The minimum absolute atomic E-state index is 0.0153. The largest absolute Gasteiger partial charge is 0.352 e. The van der Waals surface area contributed by atoms with E-state index in [0.717, 1.165) is 32.2 Å². The lowest BCUT2D eigenvalue weighted by molar-refractivity contribution is -0.138. The second kappa shape index (κ2) is 5.49. The van der Waals surface area contributed by atoms with Crippen LogP contribution in [0.4, 0.5) is 0 Å². The van der Waals surface area contributed by atoms with Crippen LogP contribution >= 0.6 is 0 Å². The molecule has 3 aliphatic heterocycles. The van der Waals surface area contributed by atoms with E-state index in [0.29, 0.717) is 24.5 Å². The quantitative estimate of drug-likeness (QED) is 0.776. The third-order valence-corrected chi connectivity index (χ3v) is 4.59. The van der Waals surface area contributed by atoms with Crippen molar-refractivity contribution in [3.05, 3.63) is 0 Å². The summed E-state index contributed by atoms with van der Waals surface area (Å²) < 4.78 is 0. The molecule has 3 rings (SSSR count). The summed E-state index contributed by atoms with van der Waals surface area (Å²) in [4.78, 5) is 25.4. The van der Waals surface area contributed by atoms with Crippen LogP contribution in [-0.4, -0.2) is 47.9 Å². The van der Waals surface area contributed by atoms with E-state index >= 15 is 0 Å². The highest BCUT2D eigenvalue weighted by Gasteiger charge is 2.34. The molecule has 0 aromatic carbocycles. The second-order valence-electron chi connectivity index (χ2n) is 6.15. The van der Waals surface area contributed by atoms with Crippen molar-refractivity contribution in [3.63, 3.8) is 0 Å². The molecule has 0 radical (unpaired) electrons. The molecule has 3 saturated heterocycles. The Morgan fingerprint density at radius 1 is 1.26 bits per heavy atom. The first-order chi connectivity index (χ1) is 9.20. The Morgan fingerprint density at radius 3 is 2.68 bits per heavy atom. The lowest BCUT2D eigenvalue weighted by Crippen LogP contribution is -2.51. The van der Waals surface area contributed by atoms with Crippen molar-refractivity contribution in [1.29, 1.82) is 0 Å². The average molecular weight is 265 g/mol. The molecule has 2 bridgehead atoms. The van der Waals surface area contributed by atoms with E-state index in [1.165, 1.54) is 12.8 Å². The summed E-state index contributed by atoms with van der Waals surface area (Å²) in [7, 11) is 0. The summed E-state index contributed by atoms with van der Waals surface area (Å²) >= 11 is 0. The number of hydrogen-bond donors (Lipinski definition) is 2. The zero-order valence-corrected chi connectivity index (χ0v) is 11.4.